The van der Waals surface area contributed by atoms with Gasteiger partial charge in [-0.05, 0) is 49.5 Å². The van der Waals surface area contributed by atoms with E-state index in [1.54, 1.807) is 24.3 Å². The van der Waals surface area contributed by atoms with E-state index < -0.39 is 0 Å². The van der Waals surface area contributed by atoms with Crippen LogP contribution in [-0.2, 0) is 4.74 Å². The van der Waals surface area contributed by atoms with Crippen molar-refractivity contribution in [2.75, 3.05) is 26.2 Å². The van der Waals surface area contributed by atoms with Crippen LogP contribution in [0, 0.1) is 0 Å². The highest BCUT2D eigenvalue weighted by Crippen LogP contribution is 2.21. The third-order valence-corrected chi connectivity index (χ3v) is 3.60. The van der Waals surface area contributed by atoms with Gasteiger partial charge in [0.05, 0.1) is 5.56 Å². The van der Waals surface area contributed by atoms with Crippen LogP contribution in [0.15, 0.2) is 54.6 Å². The minimum atomic E-state index is -0.302. The Balaban J connectivity index is 1.85. The van der Waals surface area contributed by atoms with Crippen LogP contribution in [0.3, 0.4) is 0 Å². The Morgan fingerprint density at radius 3 is 2.13 bits per heavy atom. The minimum Gasteiger partial charge on any atom is -0.461 e. The first-order valence-corrected chi connectivity index (χ1v) is 7.95. The molecule has 0 bridgehead atoms. The maximum Gasteiger partial charge on any atom is 0.338 e. The first-order chi connectivity index (χ1) is 11.2. The predicted molar refractivity (Wildman–Crippen MR) is 91.0 cm³/mol. The fourth-order valence-electron chi connectivity index (χ4n) is 2.17. The molecule has 0 N–H and O–H groups in total. The van der Waals surface area contributed by atoms with Crippen molar-refractivity contribution in [3.8, 4) is 11.5 Å². The Labute approximate surface area is 137 Å². The highest BCUT2D eigenvalue weighted by molar-refractivity contribution is 5.89. The summed E-state index contributed by atoms with van der Waals surface area (Å²) in [6, 6.07) is 16.5. The van der Waals surface area contributed by atoms with Crippen LogP contribution in [0.2, 0.25) is 0 Å². The zero-order valence-electron chi connectivity index (χ0n) is 13.7. The van der Waals surface area contributed by atoms with Gasteiger partial charge in [-0.15, -0.1) is 0 Å². The highest BCUT2D eigenvalue weighted by atomic mass is 16.5. The van der Waals surface area contributed by atoms with Crippen LogP contribution in [0.5, 0.6) is 11.5 Å². The Bertz CT molecular complexity index is 592. The second-order valence-electron chi connectivity index (χ2n) is 5.10. The number of hydrogen-bond donors (Lipinski definition) is 0. The molecule has 4 nitrogen and oxygen atoms in total. The van der Waals surface area contributed by atoms with Gasteiger partial charge in [-0.25, -0.2) is 4.79 Å². The summed E-state index contributed by atoms with van der Waals surface area (Å²) in [5.74, 6) is 1.15. The van der Waals surface area contributed by atoms with Gasteiger partial charge in [-0.1, -0.05) is 32.0 Å². The summed E-state index contributed by atoms with van der Waals surface area (Å²) < 4.78 is 11.0. The quantitative estimate of drug-likeness (QED) is 0.691. The zero-order chi connectivity index (χ0) is 16.5. The molecule has 0 radical (unpaired) electrons. The lowest BCUT2D eigenvalue weighted by molar-refractivity contribution is 0.0466. The van der Waals surface area contributed by atoms with Crippen LogP contribution in [-0.4, -0.2) is 37.1 Å². The van der Waals surface area contributed by atoms with Gasteiger partial charge in [0.1, 0.15) is 18.1 Å². The van der Waals surface area contributed by atoms with Crippen molar-refractivity contribution in [2.24, 2.45) is 0 Å². The number of nitrogens with zero attached hydrogens (tertiary/aromatic N) is 1. The standard InChI is InChI=1S/C19H23NO3/c1-3-20(4-2)14-15-22-19(21)16-10-12-18(13-11-16)23-17-8-6-5-7-9-17/h5-13H,3-4,14-15H2,1-2H3. The highest BCUT2D eigenvalue weighted by Gasteiger charge is 2.08. The van der Waals surface area contributed by atoms with E-state index in [1.165, 1.54) is 0 Å². The molecule has 2 aromatic rings. The zero-order valence-corrected chi connectivity index (χ0v) is 13.7. The Morgan fingerprint density at radius 1 is 0.913 bits per heavy atom. The Kier molecular flexibility index (Phi) is 6.63. The second-order valence-corrected chi connectivity index (χ2v) is 5.10. The molecule has 4 heteroatoms. The SMILES string of the molecule is CCN(CC)CCOC(=O)c1ccc(Oc2ccccc2)cc1. The molecule has 0 heterocycles. The normalized spacial score (nSPS) is 10.6. The molecule has 0 saturated carbocycles. The smallest absolute Gasteiger partial charge is 0.338 e. The predicted octanol–water partition coefficient (Wildman–Crippen LogP) is 3.98. The van der Waals surface area contributed by atoms with Crippen molar-refractivity contribution in [3.63, 3.8) is 0 Å². The topological polar surface area (TPSA) is 38.8 Å². The number of para-hydroxylation sites is 1. The van der Waals surface area contributed by atoms with E-state index in [2.05, 4.69) is 18.7 Å². The van der Waals surface area contributed by atoms with E-state index in [0.717, 1.165) is 25.4 Å². The van der Waals surface area contributed by atoms with Gasteiger partial charge in [-0.3, -0.25) is 0 Å². The molecule has 0 fully saturated rings. The van der Waals surface area contributed by atoms with Crippen LogP contribution in [0.1, 0.15) is 24.2 Å². The van der Waals surface area contributed by atoms with Gasteiger partial charge in [0.2, 0.25) is 0 Å². The number of hydrogen-bond acceptors (Lipinski definition) is 4. The van der Waals surface area contributed by atoms with E-state index in [-0.39, 0.29) is 5.97 Å². The Hall–Kier alpha value is -2.33. The summed E-state index contributed by atoms with van der Waals surface area (Å²) in [6.45, 7) is 7.27. The van der Waals surface area contributed by atoms with E-state index >= 15 is 0 Å². The summed E-state index contributed by atoms with van der Waals surface area (Å²) in [7, 11) is 0. The fraction of sp³-hybridized carbons (Fsp3) is 0.316. The van der Waals surface area contributed by atoms with Gasteiger partial charge in [-0.2, -0.15) is 0 Å². The molecule has 0 amide bonds. The molecule has 2 rings (SSSR count). The lowest BCUT2D eigenvalue weighted by Gasteiger charge is -2.17. The molecule has 2 aromatic carbocycles. The number of carbonyl (C=O) groups is 1. The molecular weight excluding hydrogens is 290 g/mol. The lowest BCUT2D eigenvalue weighted by Crippen LogP contribution is -2.27. The van der Waals surface area contributed by atoms with Gasteiger partial charge < -0.3 is 14.4 Å². The van der Waals surface area contributed by atoms with Crippen molar-refractivity contribution >= 4 is 5.97 Å². The molecule has 0 aliphatic heterocycles. The van der Waals surface area contributed by atoms with E-state index in [1.807, 2.05) is 30.3 Å². The molecule has 122 valence electrons. The van der Waals surface area contributed by atoms with Crippen molar-refractivity contribution in [3.05, 3.63) is 60.2 Å². The van der Waals surface area contributed by atoms with E-state index in [4.69, 9.17) is 9.47 Å². The third-order valence-electron chi connectivity index (χ3n) is 3.60. The van der Waals surface area contributed by atoms with E-state index in [0.29, 0.717) is 17.9 Å². The first-order valence-electron chi connectivity index (χ1n) is 7.95. The number of rotatable bonds is 8. The molecule has 0 unspecified atom stereocenters. The molecule has 0 aliphatic rings. The van der Waals surface area contributed by atoms with Crippen molar-refractivity contribution in [1.82, 2.24) is 4.90 Å². The van der Waals surface area contributed by atoms with E-state index in [9.17, 15) is 4.79 Å². The molecular formula is C19H23NO3. The number of benzene rings is 2. The largest absolute Gasteiger partial charge is 0.461 e. The number of carbonyl (C=O) groups excluding carboxylic acids is 1. The summed E-state index contributed by atoms with van der Waals surface area (Å²) in [5, 5.41) is 0. The molecule has 0 aromatic heterocycles. The molecule has 23 heavy (non-hydrogen) atoms. The minimum absolute atomic E-state index is 0.302. The van der Waals surface area contributed by atoms with Gasteiger partial charge >= 0.3 is 5.97 Å². The summed E-state index contributed by atoms with van der Waals surface area (Å²) >= 11 is 0. The van der Waals surface area contributed by atoms with Crippen LogP contribution < -0.4 is 4.74 Å². The Morgan fingerprint density at radius 2 is 1.52 bits per heavy atom. The van der Waals surface area contributed by atoms with Crippen LogP contribution in [0.4, 0.5) is 0 Å². The number of likely N-dealkylation sites (N-methyl/N-ethyl adjacent to an activating group) is 1. The van der Waals surface area contributed by atoms with Crippen LogP contribution >= 0.6 is 0 Å². The molecule has 0 aliphatic carbocycles. The van der Waals surface area contributed by atoms with Crippen molar-refractivity contribution in [2.45, 2.75) is 13.8 Å². The average Bonchev–Trinajstić information content (AvgIpc) is 2.60. The number of ether oxygens (including phenoxy) is 2. The van der Waals surface area contributed by atoms with Gasteiger partial charge in [0.15, 0.2) is 0 Å². The maximum atomic E-state index is 12.0. The second kappa shape index (κ2) is 8.96. The molecule has 0 atom stereocenters. The molecule has 0 saturated heterocycles. The maximum absolute atomic E-state index is 12.0. The monoisotopic (exact) mass is 313 g/mol. The van der Waals surface area contributed by atoms with Crippen molar-refractivity contribution in [1.29, 1.82) is 0 Å². The van der Waals surface area contributed by atoms with Gasteiger partial charge in [0, 0.05) is 6.54 Å². The third kappa shape index (κ3) is 5.42. The lowest BCUT2D eigenvalue weighted by atomic mass is 10.2. The molecule has 0 spiro atoms. The summed E-state index contributed by atoms with van der Waals surface area (Å²) in [6.07, 6.45) is 0. The average molecular weight is 313 g/mol. The number of esters is 1. The first kappa shape index (κ1) is 17.0. The summed E-state index contributed by atoms with van der Waals surface area (Å²) in [5.41, 5.74) is 0.532. The van der Waals surface area contributed by atoms with Crippen LogP contribution in [0.25, 0.3) is 0 Å². The fourth-order valence-corrected chi connectivity index (χ4v) is 2.17. The van der Waals surface area contributed by atoms with Crippen molar-refractivity contribution < 1.29 is 14.3 Å². The summed E-state index contributed by atoms with van der Waals surface area (Å²) in [4.78, 5) is 14.2. The van der Waals surface area contributed by atoms with Gasteiger partial charge in [0.25, 0.3) is 0 Å².